The van der Waals surface area contributed by atoms with Crippen molar-refractivity contribution in [1.29, 1.82) is 0 Å². The molecule has 0 aliphatic carbocycles. The van der Waals surface area contributed by atoms with Crippen LogP contribution in [0.15, 0.2) is 60.7 Å². The largest absolute Gasteiger partial charge is 0.392 e. The summed E-state index contributed by atoms with van der Waals surface area (Å²) in [5.41, 5.74) is 2.07. The number of aliphatic hydroxyl groups excluding tert-OH is 1. The molecule has 1 aliphatic heterocycles. The maximum Gasteiger partial charge on any atom is 0.0692 e. The van der Waals surface area contributed by atoms with Gasteiger partial charge in [0, 0.05) is 11.5 Å². The van der Waals surface area contributed by atoms with Crippen LogP contribution in [0.1, 0.15) is 43.7 Å². The Morgan fingerprint density at radius 2 is 1.61 bits per heavy atom. The fourth-order valence-corrected chi connectivity index (χ4v) is 4.10. The van der Waals surface area contributed by atoms with Crippen LogP contribution in [-0.4, -0.2) is 23.8 Å². The van der Waals surface area contributed by atoms with Crippen molar-refractivity contribution in [2.45, 2.75) is 50.2 Å². The van der Waals surface area contributed by atoms with Gasteiger partial charge in [0.05, 0.1) is 6.10 Å². The number of aliphatic hydroxyl groups is 1. The average molecular weight is 309 g/mol. The fourth-order valence-electron chi connectivity index (χ4n) is 4.10. The highest BCUT2D eigenvalue weighted by atomic mass is 16.3. The van der Waals surface area contributed by atoms with Crippen molar-refractivity contribution in [2.24, 2.45) is 0 Å². The molecule has 0 amide bonds. The van der Waals surface area contributed by atoms with Crippen molar-refractivity contribution in [3.8, 4) is 0 Å². The molecule has 122 valence electrons. The average Bonchev–Trinajstić information content (AvgIpc) is 3.11. The molecule has 3 rings (SSSR count). The van der Waals surface area contributed by atoms with Gasteiger partial charge in [-0.15, -0.1) is 0 Å². The van der Waals surface area contributed by atoms with E-state index in [-0.39, 0.29) is 5.41 Å². The summed E-state index contributed by atoms with van der Waals surface area (Å²) in [7, 11) is 0. The van der Waals surface area contributed by atoms with E-state index in [9.17, 15) is 5.11 Å². The zero-order valence-electron chi connectivity index (χ0n) is 13.9. The monoisotopic (exact) mass is 309 g/mol. The molecule has 0 saturated carbocycles. The van der Waals surface area contributed by atoms with Gasteiger partial charge in [0.15, 0.2) is 0 Å². The van der Waals surface area contributed by atoms with Gasteiger partial charge in [0.1, 0.15) is 0 Å². The minimum atomic E-state index is -0.395. The molecule has 1 saturated heterocycles. The molecule has 2 heteroatoms. The molecule has 2 unspecified atom stereocenters. The van der Waals surface area contributed by atoms with E-state index in [1.807, 2.05) is 12.1 Å². The molecular formula is C21H27NO. The summed E-state index contributed by atoms with van der Waals surface area (Å²) in [4.78, 5) is 0. The van der Waals surface area contributed by atoms with E-state index >= 15 is 0 Å². The Kier molecular flexibility index (Phi) is 5.14. The fraction of sp³-hybridized carbons (Fsp3) is 0.429. The zero-order valence-corrected chi connectivity index (χ0v) is 13.9. The lowest BCUT2D eigenvalue weighted by Gasteiger charge is -2.40. The van der Waals surface area contributed by atoms with E-state index in [1.165, 1.54) is 24.0 Å². The van der Waals surface area contributed by atoms with Crippen LogP contribution in [0.3, 0.4) is 0 Å². The first-order valence-corrected chi connectivity index (χ1v) is 8.80. The quantitative estimate of drug-likeness (QED) is 0.848. The maximum absolute atomic E-state index is 11.3. The highest BCUT2D eigenvalue weighted by Gasteiger charge is 2.40. The van der Waals surface area contributed by atoms with Crippen molar-refractivity contribution in [3.05, 3.63) is 71.8 Å². The van der Waals surface area contributed by atoms with E-state index in [0.29, 0.717) is 6.04 Å². The number of hydrogen-bond acceptors (Lipinski definition) is 2. The molecule has 2 N–H and O–H groups in total. The second-order valence-corrected chi connectivity index (χ2v) is 6.60. The van der Waals surface area contributed by atoms with E-state index in [1.54, 1.807) is 0 Å². The summed E-state index contributed by atoms with van der Waals surface area (Å²) in [6.45, 7) is 3.26. The normalized spacial score (nSPS) is 19.7. The third kappa shape index (κ3) is 3.19. The summed E-state index contributed by atoms with van der Waals surface area (Å²) in [6.07, 6.45) is 3.67. The van der Waals surface area contributed by atoms with Crippen molar-refractivity contribution in [1.82, 2.24) is 5.32 Å². The van der Waals surface area contributed by atoms with Crippen LogP contribution in [0.2, 0.25) is 0 Å². The van der Waals surface area contributed by atoms with Crippen LogP contribution in [0.4, 0.5) is 0 Å². The Bertz CT molecular complexity index is 550. The summed E-state index contributed by atoms with van der Waals surface area (Å²) < 4.78 is 0. The SMILES string of the molecule is CCC(c1ccccc1)(c1ccccc1)C(O)CC1CCCN1. The predicted molar refractivity (Wildman–Crippen MR) is 95.6 cm³/mol. The van der Waals surface area contributed by atoms with Gasteiger partial charge >= 0.3 is 0 Å². The van der Waals surface area contributed by atoms with E-state index in [0.717, 1.165) is 19.4 Å². The topological polar surface area (TPSA) is 32.3 Å². The lowest BCUT2D eigenvalue weighted by atomic mass is 9.67. The first-order valence-electron chi connectivity index (χ1n) is 8.80. The summed E-state index contributed by atoms with van der Waals surface area (Å²) in [6, 6.07) is 21.4. The molecule has 0 radical (unpaired) electrons. The Morgan fingerprint density at radius 3 is 2.04 bits per heavy atom. The Hall–Kier alpha value is -1.64. The third-order valence-electron chi connectivity index (χ3n) is 5.37. The molecule has 2 aromatic rings. The number of nitrogens with one attached hydrogen (secondary N) is 1. The molecule has 0 spiro atoms. The number of hydrogen-bond donors (Lipinski definition) is 2. The van der Waals surface area contributed by atoms with Crippen LogP contribution in [0.5, 0.6) is 0 Å². The third-order valence-corrected chi connectivity index (χ3v) is 5.37. The second-order valence-electron chi connectivity index (χ2n) is 6.60. The first kappa shape index (κ1) is 16.2. The van der Waals surface area contributed by atoms with E-state index in [2.05, 4.69) is 60.8 Å². The standard InChI is InChI=1S/C21H27NO/c1-2-21(17-10-5-3-6-11-17,18-12-7-4-8-13-18)20(23)16-19-14-9-15-22-19/h3-8,10-13,19-20,22-23H,2,9,14-16H2,1H3. The minimum Gasteiger partial charge on any atom is -0.392 e. The van der Waals surface area contributed by atoms with Crippen LogP contribution in [-0.2, 0) is 5.41 Å². The molecule has 23 heavy (non-hydrogen) atoms. The minimum absolute atomic E-state index is 0.340. The van der Waals surface area contributed by atoms with Gasteiger partial charge in [-0.3, -0.25) is 0 Å². The van der Waals surface area contributed by atoms with Gasteiger partial charge in [-0.25, -0.2) is 0 Å². The smallest absolute Gasteiger partial charge is 0.0692 e. The lowest BCUT2D eigenvalue weighted by Crippen LogP contribution is -2.43. The molecule has 1 fully saturated rings. The molecule has 1 aliphatic rings. The number of benzene rings is 2. The molecule has 2 nitrogen and oxygen atoms in total. The van der Waals surface area contributed by atoms with Crippen molar-refractivity contribution >= 4 is 0 Å². The molecule has 1 heterocycles. The van der Waals surface area contributed by atoms with Crippen molar-refractivity contribution in [3.63, 3.8) is 0 Å². The molecule has 0 aromatic heterocycles. The van der Waals surface area contributed by atoms with E-state index in [4.69, 9.17) is 0 Å². The highest BCUT2D eigenvalue weighted by Crippen LogP contribution is 2.40. The Labute approximate surface area is 139 Å². The maximum atomic E-state index is 11.3. The van der Waals surface area contributed by atoms with Crippen LogP contribution in [0.25, 0.3) is 0 Å². The predicted octanol–water partition coefficient (Wildman–Crippen LogP) is 3.89. The molecule has 0 bridgehead atoms. The van der Waals surface area contributed by atoms with Gasteiger partial charge in [-0.05, 0) is 43.4 Å². The van der Waals surface area contributed by atoms with Gasteiger partial charge in [0.2, 0.25) is 0 Å². The molecule has 2 aromatic carbocycles. The van der Waals surface area contributed by atoms with Gasteiger partial charge in [-0.2, -0.15) is 0 Å². The van der Waals surface area contributed by atoms with Gasteiger partial charge in [0.25, 0.3) is 0 Å². The molecular weight excluding hydrogens is 282 g/mol. The van der Waals surface area contributed by atoms with Crippen molar-refractivity contribution < 1.29 is 5.11 Å². The Morgan fingerprint density at radius 1 is 1.04 bits per heavy atom. The summed E-state index contributed by atoms with van der Waals surface area (Å²) in [5, 5.41) is 14.8. The lowest BCUT2D eigenvalue weighted by molar-refractivity contribution is 0.0816. The van der Waals surface area contributed by atoms with Gasteiger partial charge < -0.3 is 10.4 Å². The van der Waals surface area contributed by atoms with Gasteiger partial charge in [-0.1, -0.05) is 67.6 Å². The van der Waals surface area contributed by atoms with Crippen LogP contribution < -0.4 is 5.32 Å². The van der Waals surface area contributed by atoms with Crippen molar-refractivity contribution in [2.75, 3.05) is 6.54 Å². The molecule has 2 atom stereocenters. The zero-order chi connectivity index (χ0) is 16.1. The van der Waals surface area contributed by atoms with E-state index < -0.39 is 6.10 Å². The Balaban J connectivity index is 2.01. The summed E-state index contributed by atoms with van der Waals surface area (Å²) >= 11 is 0. The summed E-state index contributed by atoms with van der Waals surface area (Å²) in [5.74, 6) is 0. The van der Waals surface area contributed by atoms with Crippen LogP contribution in [0, 0.1) is 0 Å². The highest BCUT2D eigenvalue weighted by molar-refractivity contribution is 5.41. The van der Waals surface area contributed by atoms with Crippen LogP contribution >= 0.6 is 0 Å². The number of rotatable bonds is 6. The second kappa shape index (κ2) is 7.29. The first-order chi connectivity index (χ1) is 11.3.